The van der Waals surface area contributed by atoms with E-state index in [9.17, 15) is 9.59 Å². The molecular formula is C18H20N2O4. The maximum atomic E-state index is 12.0. The lowest BCUT2D eigenvalue weighted by molar-refractivity contribution is -0.118. The smallest absolute Gasteiger partial charge is 0.338 e. The molecule has 2 aromatic rings. The molecule has 1 aromatic carbocycles. The number of benzene rings is 1. The van der Waals surface area contributed by atoms with Crippen LogP contribution in [0.3, 0.4) is 0 Å². The number of ether oxygens (including phenoxy) is 2. The Morgan fingerprint density at radius 2 is 1.92 bits per heavy atom. The van der Waals surface area contributed by atoms with E-state index < -0.39 is 5.97 Å². The van der Waals surface area contributed by atoms with Gasteiger partial charge in [0.15, 0.2) is 6.61 Å². The van der Waals surface area contributed by atoms with Gasteiger partial charge >= 0.3 is 5.97 Å². The van der Waals surface area contributed by atoms with Gasteiger partial charge in [-0.25, -0.2) is 9.78 Å². The van der Waals surface area contributed by atoms with Crippen molar-refractivity contribution in [3.63, 3.8) is 0 Å². The standard InChI is InChI=1S/C18H20N2O4/c1-4-23-18(22)14-7-8-19-16(10-14)20-17(21)11-24-15-6-5-12(2)13(3)9-15/h5-10H,4,11H2,1-3H3,(H,19,20,21). The number of hydrogen-bond acceptors (Lipinski definition) is 5. The van der Waals surface area contributed by atoms with Crippen LogP contribution in [0.1, 0.15) is 28.4 Å². The molecule has 0 fully saturated rings. The third kappa shape index (κ3) is 4.81. The quantitative estimate of drug-likeness (QED) is 0.825. The minimum absolute atomic E-state index is 0.145. The highest BCUT2D eigenvalue weighted by molar-refractivity contribution is 5.94. The summed E-state index contributed by atoms with van der Waals surface area (Å²) in [7, 11) is 0. The Labute approximate surface area is 140 Å². The van der Waals surface area contributed by atoms with Crippen LogP contribution in [0.2, 0.25) is 0 Å². The zero-order chi connectivity index (χ0) is 17.5. The van der Waals surface area contributed by atoms with Crippen molar-refractivity contribution in [3.8, 4) is 5.75 Å². The topological polar surface area (TPSA) is 77.5 Å². The zero-order valence-corrected chi connectivity index (χ0v) is 14.0. The summed E-state index contributed by atoms with van der Waals surface area (Å²) in [5, 5.41) is 2.59. The van der Waals surface area contributed by atoms with Crippen molar-refractivity contribution in [3.05, 3.63) is 53.2 Å². The van der Waals surface area contributed by atoms with Gasteiger partial charge in [0.2, 0.25) is 0 Å². The minimum atomic E-state index is -0.457. The molecule has 24 heavy (non-hydrogen) atoms. The van der Waals surface area contributed by atoms with Crippen LogP contribution in [-0.4, -0.2) is 30.1 Å². The highest BCUT2D eigenvalue weighted by atomic mass is 16.5. The number of amides is 1. The zero-order valence-electron chi connectivity index (χ0n) is 14.0. The molecule has 6 nitrogen and oxygen atoms in total. The Bertz CT molecular complexity index is 744. The fourth-order valence-electron chi connectivity index (χ4n) is 1.97. The van der Waals surface area contributed by atoms with Crippen molar-refractivity contribution in [2.45, 2.75) is 20.8 Å². The molecule has 0 saturated heterocycles. The Morgan fingerprint density at radius 1 is 1.12 bits per heavy atom. The summed E-state index contributed by atoms with van der Waals surface area (Å²) in [5.74, 6) is 0.0826. The summed E-state index contributed by atoms with van der Waals surface area (Å²) in [5.41, 5.74) is 2.58. The number of nitrogens with one attached hydrogen (secondary N) is 1. The van der Waals surface area contributed by atoms with Crippen molar-refractivity contribution >= 4 is 17.7 Å². The van der Waals surface area contributed by atoms with Crippen molar-refractivity contribution in [2.75, 3.05) is 18.5 Å². The number of esters is 1. The average molecular weight is 328 g/mol. The maximum absolute atomic E-state index is 12.0. The van der Waals surface area contributed by atoms with Gasteiger partial charge in [-0.1, -0.05) is 6.07 Å². The minimum Gasteiger partial charge on any atom is -0.484 e. The predicted octanol–water partition coefficient (Wildman–Crippen LogP) is 2.89. The second kappa shape index (κ2) is 8.10. The average Bonchev–Trinajstić information content (AvgIpc) is 2.56. The Hall–Kier alpha value is -2.89. The van der Waals surface area contributed by atoms with E-state index in [1.54, 1.807) is 6.92 Å². The van der Waals surface area contributed by atoms with Gasteiger partial charge < -0.3 is 14.8 Å². The SMILES string of the molecule is CCOC(=O)c1ccnc(NC(=O)COc2ccc(C)c(C)c2)c1. The second-order valence-corrected chi connectivity index (χ2v) is 5.23. The van der Waals surface area contributed by atoms with E-state index >= 15 is 0 Å². The molecule has 1 N–H and O–H groups in total. The number of rotatable bonds is 6. The lowest BCUT2D eigenvalue weighted by Gasteiger charge is -2.09. The van der Waals surface area contributed by atoms with Gasteiger partial charge in [0.1, 0.15) is 11.6 Å². The van der Waals surface area contributed by atoms with Crippen LogP contribution in [0.15, 0.2) is 36.5 Å². The Balaban J connectivity index is 1.93. The van der Waals surface area contributed by atoms with Crippen molar-refractivity contribution < 1.29 is 19.1 Å². The fourth-order valence-corrected chi connectivity index (χ4v) is 1.97. The first-order valence-corrected chi connectivity index (χ1v) is 7.62. The first-order valence-electron chi connectivity index (χ1n) is 7.62. The number of aryl methyl sites for hydroxylation is 2. The number of anilines is 1. The largest absolute Gasteiger partial charge is 0.484 e. The monoisotopic (exact) mass is 328 g/mol. The van der Waals surface area contributed by atoms with E-state index in [1.807, 2.05) is 32.0 Å². The van der Waals surface area contributed by atoms with Gasteiger partial charge in [0.05, 0.1) is 12.2 Å². The van der Waals surface area contributed by atoms with Gasteiger partial charge in [-0.3, -0.25) is 4.79 Å². The highest BCUT2D eigenvalue weighted by Gasteiger charge is 2.10. The highest BCUT2D eigenvalue weighted by Crippen LogP contribution is 2.16. The Kier molecular flexibility index (Phi) is 5.89. The summed E-state index contributed by atoms with van der Waals surface area (Å²) >= 11 is 0. The molecule has 0 spiro atoms. The van der Waals surface area contributed by atoms with Gasteiger partial charge in [0, 0.05) is 6.20 Å². The molecule has 1 heterocycles. The molecule has 0 aliphatic rings. The van der Waals surface area contributed by atoms with Gasteiger partial charge in [0.25, 0.3) is 5.91 Å². The second-order valence-electron chi connectivity index (χ2n) is 5.23. The first-order chi connectivity index (χ1) is 11.5. The van der Waals surface area contributed by atoms with Crippen LogP contribution in [0.5, 0.6) is 5.75 Å². The van der Waals surface area contributed by atoms with E-state index in [4.69, 9.17) is 9.47 Å². The van der Waals surface area contributed by atoms with E-state index in [1.165, 1.54) is 18.3 Å². The lowest BCUT2D eigenvalue weighted by atomic mass is 10.1. The lowest BCUT2D eigenvalue weighted by Crippen LogP contribution is -2.21. The normalized spacial score (nSPS) is 10.1. The summed E-state index contributed by atoms with van der Waals surface area (Å²) in [6.07, 6.45) is 1.44. The number of pyridine rings is 1. The van der Waals surface area contributed by atoms with Crippen LogP contribution in [-0.2, 0) is 9.53 Å². The molecule has 0 saturated carbocycles. The molecule has 0 unspecified atom stereocenters. The van der Waals surface area contributed by atoms with E-state index in [0.717, 1.165) is 11.1 Å². The van der Waals surface area contributed by atoms with Crippen LogP contribution in [0.25, 0.3) is 0 Å². The molecule has 0 atom stereocenters. The molecule has 1 aromatic heterocycles. The third-order valence-electron chi connectivity index (χ3n) is 3.39. The maximum Gasteiger partial charge on any atom is 0.338 e. The molecule has 1 amide bonds. The van der Waals surface area contributed by atoms with Crippen LogP contribution in [0, 0.1) is 13.8 Å². The molecule has 2 rings (SSSR count). The third-order valence-corrected chi connectivity index (χ3v) is 3.39. The predicted molar refractivity (Wildman–Crippen MR) is 90.2 cm³/mol. The van der Waals surface area contributed by atoms with Crippen LogP contribution in [0.4, 0.5) is 5.82 Å². The molecule has 6 heteroatoms. The van der Waals surface area contributed by atoms with Gasteiger partial charge in [-0.05, 0) is 56.2 Å². The number of aromatic nitrogens is 1. The molecule has 0 aliphatic heterocycles. The molecule has 0 bridgehead atoms. The van der Waals surface area contributed by atoms with Crippen molar-refractivity contribution in [1.29, 1.82) is 0 Å². The van der Waals surface area contributed by atoms with E-state index in [2.05, 4.69) is 10.3 Å². The number of nitrogens with zero attached hydrogens (tertiary/aromatic N) is 1. The first kappa shape index (κ1) is 17.5. The number of hydrogen-bond donors (Lipinski definition) is 1. The summed E-state index contributed by atoms with van der Waals surface area (Å²) in [4.78, 5) is 27.6. The Morgan fingerprint density at radius 3 is 2.62 bits per heavy atom. The van der Waals surface area contributed by atoms with Crippen molar-refractivity contribution in [1.82, 2.24) is 4.98 Å². The van der Waals surface area contributed by atoms with Gasteiger partial charge in [-0.15, -0.1) is 0 Å². The summed E-state index contributed by atoms with van der Waals surface area (Å²) in [6.45, 7) is 5.85. The molecule has 0 aliphatic carbocycles. The van der Waals surface area contributed by atoms with Crippen LogP contribution >= 0.6 is 0 Å². The van der Waals surface area contributed by atoms with Crippen LogP contribution < -0.4 is 10.1 Å². The van der Waals surface area contributed by atoms with Gasteiger partial charge in [-0.2, -0.15) is 0 Å². The summed E-state index contributed by atoms with van der Waals surface area (Å²) in [6, 6.07) is 8.62. The molecule has 0 radical (unpaired) electrons. The number of carbonyl (C=O) groups is 2. The fraction of sp³-hybridized carbons (Fsp3) is 0.278. The van der Waals surface area contributed by atoms with E-state index in [0.29, 0.717) is 11.3 Å². The summed E-state index contributed by atoms with van der Waals surface area (Å²) < 4.78 is 10.4. The molecule has 126 valence electrons. The number of carbonyl (C=O) groups excluding carboxylic acids is 2. The van der Waals surface area contributed by atoms with E-state index in [-0.39, 0.29) is 24.9 Å². The van der Waals surface area contributed by atoms with Crippen molar-refractivity contribution in [2.24, 2.45) is 0 Å². The molecular weight excluding hydrogens is 308 g/mol.